The molecule has 2 N–H and O–H groups in total. The summed E-state index contributed by atoms with van der Waals surface area (Å²) in [6, 6.07) is 5.62. The maximum Gasteiger partial charge on any atom is 0.268 e. The van der Waals surface area contributed by atoms with E-state index < -0.39 is 0 Å². The van der Waals surface area contributed by atoms with Crippen LogP contribution in [0.2, 0.25) is 0 Å². The zero-order valence-electron chi connectivity index (χ0n) is 20.1. The molecule has 7 heteroatoms. The first-order valence-corrected chi connectivity index (χ1v) is 13.3. The molecule has 5 aliphatic rings. The molecule has 0 radical (unpaired) electrons. The first-order valence-electron chi connectivity index (χ1n) is 13.3. The first-order chi connectivity index (χ1) is 16.6. The Kier molecular flexibility index (Phi) is 5.84. The minimum atomic E-state index is -0.0434. The van der Waals surface area contributed by atoms with Gasteiger partial charge >= 0.3 is 0 Å². The van der Waals surface area contributed by atoms with Crippen molar-refractivity contribution in [3.8, 4) is 0 Å². The van der Waals surface area contributed by atoms with E-state index in [0.29, 0.717) is 22.5 Å². The van der Waals surface area contributed by atoms with Gasteiger partial charge in [-0.1, -0.05) is 18.9 Å². The fourth-order valence-corrected chi connectivity index (χ4v) is 7.76. The van der Waals surface area contributed by atoms with Crippen molar-refractivity contribution >= 4 is 17.5 Å². The molecule has 0 unspecified atom stereocenters. The van der Waals surface area contributed by atoms with Crippen LogP contribution < -0.4 is 10.7 Å². The van der Waals surface area contributed by atoms with E-state index in [1.54, 1.807) is 0 Å². The Labute approximate surface area is 201 Å². The highest BCUT2D eigenvalue weighted by atomic mass is 16.2. The Hall–Kier alpha value is -2.41. The number of amides is 2. The van der Waals surface area contributed by atoms with Crippen LogP contribution in [0, 0.1) is 23.2 Å². The van der Waals surface area contributed by atoms with E-state index in [1.807, 2.05) is 33.8 Å². The molecule has 2 aromatic rings. The molecule has 182 valence electrons. The number of aromatic nitrogens is 2. The SMILES string of the molecule is O=C(Cc1cn2c(C(=O)NCC34CC5CC(CC(C5)C3)C4)cccc2n1)NN1CCCCCC1. The largest absolute Gasteiger partial charge is 0.350 e. The highest BCUT2D eigenvalue weighted by Gasteiger charge is 2.50. The van der Waals surface area contributed by atoms with E-state index in [4.69, 9.17) is 0 Å². The van der Waals surface area contributed by atoms with Gasteiger partial charge in [0.25, 0.3) is 5.91 Å². The van der Waals surface area contributed by atoms with Gasteiger partial charge in [0.05, 0.1) is 12.1 Å². The van der Waals surface area contributed by atoms with Gasteiger partial charge in [0.2, 0.25) is 5.91 Å². The molecule has 1 saturated heterocycles. The Morgan fingerprint density at radius 1 is 0.971 bits per heavy atom. The van der Waals surface area contributed by atoms with Gasteiger partial charge in [-0.2, -0.15) is 0 Å². The summed E-state index contributed by atoms with van der Waals surface area (Å²) < 4.78 is 1.84. The number of pyridine rings is 1. The lowest BCUT2D eigenvalue weighted by atomic mass is 9.49. The smallest absolute Gasteiger partial charge is 0.268 e. The molecule has 5 fully saturated rings. The van der Waals surface area contributed by atoms with Crippen LogP contribution in [0.4, 0.5) is 0 Å². The number of fused-ring (bicyclic) bond motifs is 1. The Morgan fingerprint density at radius 3 is 2.32 bits per heavy atom. The molecule has 0 spiro atoms. The Morgan fingerprint density at radius 2 is 1.65 bits per heavy atom. The number of hydrazine groups is 1. The molecule has 4 aliphatic carbocycles. The molecular formula is C27H37N5O2. The van der Waals surface area contributed by atoms with Gasteiger partial charge in [-0.15, -0.1) is 0 Å². The summed E-state index contributed by atoms with van der Waals surface area (Å²) in [6.45, 7) is 2.60. The third kappa shape index (κ3) is 4.47. The Bertz CT molecular complexity index is 1030. The molecule has 4 saturated carbocycles. The van der Waals surface area contributed by atoms with Crippen molar-refractivity contribution < 1.29 is 9.59 Å². The predicted octanol–water partition coefficient (Wildman–Crippen LogP) is 3.73. The summed E-state index contributed by atoms with van der Waals surface area (Å²) in [7, 11) is 0. The van der Waals surface area contributed by atoms with E-state index in [1.165, 1.54) is 51.4 Å². The van der Waals surface area contributed by atoms with Crippen LogP contribution in [0.15, 0.2) is 24.4 Å². The van der Waals surface area contributed by atoms with E-state index in [9.17, 15) is 9.59 Å². The molecule has 0 atom stereocenters. The summed E-state index contributed by atoms with van der Waals surface area (Å²) in [5.41, 5.74) is 5.34. The van der Waals surface area contributed by atoms with Crippen molar-refractivity contribution in [3.63, 3.8) is 0 Å². The summed E-state index contributed by atoms with van der Waals surface area (Å²) in [6.07, 6.45) is 14.8. The highest BCUT2D eigenvalue weighted by Crippen LogP contribution is 2.59. The van der Waals surface area contributed by atoms with Crippen molar-refractivity contribution in [2.45, 2.75) is 70.6 Å². The van der Waals surface area contributed by atoms with E-state index in [0.717, 1.165) is 50.2 Å². The minimum Gasteiger partial charge on any atom is -0.350 e. The second-order valence-electron chi connectivity index (χ2n) is 11.6. The van der Waals surface area contributed by atoms with Crippen molar-refractivity contribution in [2.24, 2.45) is 23.2 Å². The zero-order chi connectivity index (χ0) is 23.1. The standard InChI is InChI=1S/C27H37N5O2/c33-25(30-31-8-3-1-2-4-9-31)13-22-17-32-23(6-5-7-24(32)29-22)26(34)28-18-27-14-19-10-20(15-27)12-21(11-19)16-27/h5-7,17,19-21H,1-4,8-16,18H2,(H,28,34)(H,30,33). The third-order valence-corrected chi connectivity index (χ3v) is 8.79. The number of carbonyl (C=O) groups excluding carboxylic acids is 2. The molecule has 7 rings (SSSR count). The number of imidazole rings is 1. The highest BCUT2D eigenvalue weighted by molar-refractivity contribution is 5.93. The van der Waals surface area contributed by atoms with Gasteiger partial charge in [-0.3, -0.25) is 19.4 Å². The number of hydrogen-bond acceptors (Lipinski definition) is 4. The molecule has 2 aromatic heterocycles. The van der Waals surface area contributed by atoms with Gasteiger partial charge in [0.1, 0.15) is 11.3 Å². The predicted molar refractivity (Wildman–Crippen MR) is 130 cm³/mol. The van der Waals surface area contributed by atoms with Gasteiger partial charge in [0.15, 0.2) is 0 Å². The fraction of sp³-hybridized carbons (Fsp3) is 0.667. The minimum absolute atomic E-state index is 0.0423. The number of nitrogens with one attached hydrogen (secondary N) is 2. The molecule has 1 aliphatic heterocycles. The van der Waals surface area contributed by atoms with Crippen LogP contribution in [0.25, 0.3) is 5.65 Å². The maximum absolute atomic E-state index is 13.2. The van der Waals surface area contributed by atoms with Crippen molar-refractivity contribution in [3.05, 3.63) is 35.8 Å². The molecule has 2 amide bonds. The van der Waals surface area contributed by atoms with Crippen molar-refractivity contribution in [1.82, 2.24) is 25.1 Å². The topological polar surface area (TPSA) is 78.7 Å². The molecule has 7 nitrogen and oxygen atoms in total. The molecule has 4 bridgehead atoms. The lowest BCUT2D eigenvalue weighted by molar-refractivity contribution is -0.125. The lowest BCUT2D eigenvalue weighted by Crippen LogP contribution is -2.51. The second kappa shape index (κ2) is 8.99. The van der Waals surface area contributed by atoms with Gasteiger partial charge in [-0.05, 0) is 86.7 Å². The fourth-order valence-electron chi connectivity index (χ4n) is 7.76. The van der Waals surface area contributed by atoms with Crippen LogP contribution in [0.3, 0.4) is 0 Å². The third-order valence-electron chi connectivity index (χ3n) is 8.79. The number of rotatable bonds is 6. The average molecular weight is 464 g/mol. The zero-order valence-corrected chi connectivity index (χ0v) is 20.1. The average Bonchev–Trinajstić information content (AvgIpc) is 3.03. The summed E-state index contributed by atoms with van der Waals surface area (Å²) in [5, 5.41) is 5.32. The van der Waals surface area contributed by atoms with E-state index in [-0.39, 0.29) is 18.2 Å². The number of nitrogens with zero attached hydrogens (tertiary/aromatic N) is 3. The van der Waals surface area contributed by atoms with Crippen LogP contribution in [-0.2, 0) is 11.2 Å². The van der Waals surface area contributed by atoms with Gasteiger partial charge < -0.3 is 5.32 Å². The van der Waals surface area contributed by atoms with Crippen LogP contribution in [0.5, 0.6) is 0 Å². The van der Waals surface area contributed by atoms with Gasteiger partial charge in [-0.25, -0.2) is 9.99 Å². The number of carbonyl (C=O) groups is 2. The number of hydrogen-bond donors (Lipinski definition) is 2. The molecular weight excluding hydrogens is 426 g/mol. The van der Waals surface area contributed by atoms with Crippen LogP contribution >= 0.6 is 0 Å². The molecule has 0 aromatic carbocycles. The molecule has 34 heavy (non-hydrogen) atoms. The molecule has 3 heterocycles. The summed E-state index contributed by atoms with van der Waals surface area (Å²) >= 11 is 0. The Balaban J connectivity index is 1.11. The van der Waals surface area contributed by atoms with Gasteiger partial charge in [0, 0.05) is 25.8 Å². The second-order valence-corrected chi connectivity index (χ2v) is 11.6. The summed E-state index contributed by atoms with van der Waals surface area (Å²) in [5.74, 6) is 2.55. The van der Waals surface area contributed by atoms with Crippen molar-refractivity contribution in [1.29, 1.82) is 0 Å². The lowest BCUT2D eigenvalue weighted by Gasteiger charge is -2.56. The quantitative estimate of drug-likeness (QED) is 0.684. The summed E-state index contributed by atoms with van der Waals surface area (Å²) in [4.78, 5) is 30.5. The van der Waals surface area contributed by atoms with Crippen LogP contribution in [0.1, 0.15) is 80.4 Å². The maximum atomic E-state index is 13.2. The monoisotopic (exact) mass is 463 g/mol. The normalized spacial score (nSPS) is 30.9. The van der Waals surface area contributed by atoms with Crippen LogP contribution in [-0.4, -0.2) is 45.8 Å². The van der Waals surface area contributed by atoms with E-state index in [2.05, 4.69) is 15.7 Å². The van der Waals surface area contributed by atoms with Crippen molar-refractivity contribution in [2.75, 3.05) is 19.6 Å². The first kappa shape index (κ1) is 22.1. The van der Waals surface area contributed by atoms with E-state index >= 15 is 0 Å².